The average molecular weight is 154 g/mol. The SMILES string of the molecule is O=C(O)[C@@H]1CCC=CCCC1. The lowest BCUT2D eigenvalue weighted by Gasteiger charge is -2.11. The summed E-state index contributed by atoms with van der Waals surface area (Å²) in [6.45, 7) is 0. The van der Waals surface area contributed by atoms with Gasteiger partial charge < -0.3 is 5.11 Å². The van der Waals surface area contributed by atoms with Gasteiger partial charge >= 0.3 is 5.97 Å². The van der Waals surface area contributed by atoms with E-state index in [2.05, 4.69) is 12.2 Å². The van der Waals surface area contributed by atoms with E-state index in [1.54, 1.807) is 0 Å². The molecule has 0 spiro atoms. The van der Waals surface area contributed by atoms with Crippen LogP contribution in [0.1, 0.15) is 32.1 Å². The van der Waals surface area contributed by atoms with Crippen molar-refractivity contribution in [2.75, 3.05) is 0 Å². The Morgan fingerprint density at radius 3 is 2.73 bits per heavy atom. The van der Waals surface area contributed by atoms with Crippen LogP contribution in [0.15, 0.2) is 12.2 Å². The first-order valence-electron chi connectivity index (χ1n) is 4.18. The van der Waals surface area contributed by atoms with Crippen LogP contribution in [0.25, 0.3) is 0 Å². The van der Waals surface area contributed by atoms with E-state index in [9.17, 15) is 4.79 Å². The molecule has 0 saturated carbocycles. The molecule has 0 radical (unpaired) electrons. The fourth-order valence-electron chi connectivity index (χ4n) is 1.41. The number of carboxylic acids is 1. The van der Waals surface area contributed by atoms with Crippen LogP contribution < -0.4 is 0 Å². The first-order chi connectivity index (χ1) is 5.30. The van der Waals surface area contributed by atoms with Gasteiger partial charge in [0.2, 0.25) is 0 Å². The molecular formula is C9H14O2. The molecule has 2 heteroatoms. The molecule has 0 aromatic rings. The molecule has 0 fully saturated rings. The standard InChI is InChI=1S/C9H14O2/c10-9(11)8-6-4-2-1-3-5-7-8/h1-2,8H,3-7H2,(H,10,11)/t8-/m1/s1. The quantitative estimate of drug-likeness (QED) is 0.588. The van der Waals surface area contributed by atoms with Gasteiger partial charge in [-0.05, 0) is 32.1 Å². The number of hydrogen-bond donors (Lipinski definition) is 1. The molecule has 0 aliphatic heterocycles. The fourth-order valence-corrected chi connectivity index (χ4v) is 1.41. The number of rotatable bonds is 1. The Labute approximate surface area is 66.9 Å². The third kappa shape index (κ3) is 2.74. The summed E-state index contributed by atoms with van der Waals surface area (Å²) in [6.07, 6.45) is 8.90. The summed E-state index contributed by atoms with van der Waals surface area (Å²) in [5.74, 6) is -0.722. The van der Waals surface area contributed by atoms with E-state index >= 15 is 0 Å². The Kier molecular flexibility index (Phi) is 3.14. The second-order valence-electron chi connectivity index (χ2n) is 3.01. The zero-order chi connectivity index (χ0) is 8.10. The Bertz CT molecular complexity index is 161. The van der Waals surface area contributed by atoms with Gasteiger partial charge in [0, 0.05) is 0 Å². The van der Waals surface area contributed by atoms with Gasteiger partial charge in [-0.2, -0.15) is 0 Å². The molecule has 1 rings (SSSR count). The second-order valence-corrected chi connectivity index (χ2v) is 3.01. The van der Waals surface area contributed by atoms with Crippen LogP contribution in [0, 0.1) is 5.92 Å². The molecule has 11 heavy (non-hydrogen) atoms. The molecule has 1 atom stereocenters. The van der Waals surface area contributed by atoms with Crippen LogP contribution in [0.3, 0.4) is 0 Å². The van der Waals surface area contributed by atoms with Crippen molar-refractivity contribution in [3.63, 3.8) is 0 Å². The number of carbonyl (C=O) groups is 1. The van der Waals surface area contributed by atoms with E-state index in [4.69, 9.17) is 5.11 Å². The lowest BCUT2D eigenvalue weighted by Crippen LogP contribution is -2.13. The summed E-state index contributed by atoms with van der Waals surface area (Å²) in [7, 11) is 0. The molecule has 0 heterocycles. The van der Waals surface area contributed by atoms with Crippen molar-refractivity contribution in [3.05, 3.63) is 12.2 Å². The summed E-state index contributed by atoms with van der Waals surface area (Å²) in [5, 5.41) is 8.73. The fraction of sp³-hybridized carbons (Fsp3) is 0.667. The van der Waals surface area contributed by atoms with Gasteiger partial charge in [-0.15, -0.1) is 0 Å². The first kappa shape index (κ1) is 8.31. The van der Waals surface area contributed by atoms with Crippen molar-refractivity contribution >= 4 is 5.97 Å². The topological polar surface area (TPSA) is 37.3 Å². The van der Waals surface area contributed by atoms with Crippen LogP contribution >= 0.6 is 0 Å². The summed E-state index contributed by atoms with van der Waals surface area (Å²) in [5.41, 5.74) is 0. The van der Waals surface area contributed by atoms with Gasteiger partial charge in [0.15, 0.2) is 0 Å². The minimum absolute atomic E-state index is 0.0973. The van der Waals surface area contributed by atoms with Gasteiger partial charge in [0.1, 0.15) is 0 Å². The maximum atomic E-state index is 10.6. The van der Waals surface area contributed by atoms with Crippen molar-refractivity contribution in [2.24, 2.45) is 5.92 Å². The minimum Gasteiger partial charge on any atom is -0.481 e. The van der Waals surface area contributed by atoms with Crippen molar-refractivity contribution < 1.29 is 9.90 Å². The summed E-state index contributed by atoms with van der Waals surface area (Å²) in [6, 6.07) is 0. The lowest BCUT2D eigenvalue weighted by molar-refractivity contribution is -0.142. The van der Waals surface area contributed by atoms with Crippen LogP contribution in [0.4, 0.5) is 0 Å². The normalized spacial score (nSPS) is 25.6. The summed E-state index contributed by atoms with van der Waals surface area (Å²) >= 11 is 0. The molecule has 2 nitrogen and oxygen atoms in total. The Hall–Kier alpha value is -0.790. The molecule has 1 N–H and O–H groups in total. The molecule has 1 aliphatic rings. The third-order valence-corrected chi connectivity index (χ3v) is 2.12. The highest BCUT2D eigenvalue weighted by Crippen LogP contribution is 2.18. The van der Waals surface area contributed by atoms with Crippen LogP contribution in [-0.2, 0) is 4.79 Å². The highest BCUT2D eigenvalue weighted by atomic mass is 16.4. The van der Waals surface area contributed by atoms with E-state index in [1.807, 2.05) is 0 Å². The Morgan fingerprint density at radius 1 is 1.27 bits per heavy atom. The third-order valence-electron chi connectivity index (χ3n) is 2.12. The van der Waals surface area contributed by atoms with Crippen molar-refractivity contribution in [1.29, 1.82) is 0 Å². The maximum Gasteiger partial charge on any atom is 0.306 e. The van der Waals surface area contributed by atoms with E-state index in [-0.39, 0.29) is 5.92 Å². The molecule has 0 aromatic heterocycles. The minimum atomic E-state index is -0.625. The Balaban J connectivity index is 2.42. The van der Waals surface area contributed by atoms with Crippen molar-refractivity contribution in [3.8, 4) is 0 Å². The highest BCUT2D eigenvalue weighted by Gasteiger charge is 2.16. The first-order valence-corrected chi connectivity index (χ1v) is 4.18. The Morgan fingerprint density at radius 2 is 2.00 bits per heavy atom. The second kappa shape index (κ2) is 4.16. The van der Waals surface area contributed by atoms with Gasteiger partial charge in [-0.3, -0.25) is 4.79 Å². The van der Waals surface area contributed by atoms with Crippen LogP contribution in [0.5, 0.6) is 0 Å². The molecule has 1 aliphatic carbocycles. The molecular weight excluding hydrogens is 140 g/mol. The molecule has 0 amide bonds. The number of allylic oxidation sites excluding steroid dienone is 2. The van der Waals surface area contributed by atoms with E-state index < -0.39 is 5.97 Å². The van der Waals surface area contributed by atoms with E-state index in [0.717, 1.165) is 32.1 Å². The maximum absolute atomic E-state index is 10.6. The predicted molar refractivity (Wildman–Crippen MR) is 43.4 cm³/mol. The molecule has 0 saturated heterocycles. The monoisotopic (exact) mass is 154 g/mol. The largest absolute Gasteiger partial charge is 0.481 e. The van der Waals surface area contributed by atoms with Gasteiger partial charge in [-0.25, -0.2) is 0 Å². The van der Waals surface area contributed by atoms with Crippen molar-refractivity contribution in [2.45, 2.75) is 32.1 Å². The molecule has 0 aromatic carbocycles. The van der Waals surface area contributed by atoms with E-state index in [1.165, 1.54) is 0 Å². The van der Waals surface area contributed by atoms with E-state index in [0.29, 0.717) is 0 Å². The lowest BCUT2D eigenvalue weighted by atomic mass is 9.94. The zero-order valence-electron chi connectivity index (χ0n) is 6.62. The molecule has 0 bridgehead atoms. The number of hydrogen-bond acceptors (Lipinski definition) is 1. The molecule has 62 valence electrons. The van der Waals surface area contributed by atoms with Crippen molar-refractivity contribution in [1.82, 2.24) is 0 Å². The van der Waals surface area contributed by atoms with Gasteiger partial charge in [0.05, 0.1) is 5.92 Å². The van der Waals surface area contributed by atoms with Crippen LogP contribution in [-0.4, -0.2) is 11.1 Å². The zero-order valence-corrected chi connectivity index (χ0v) is 6.62. The summed E-state index contributed by atoms with van der Waals surface area (Å²) in [4.78, 5) is 10.6. The van der Waals surface area contributed by atoms with Crippen LogP contribution in [0.2, 0.25) is 0 Å². The average Bonchev–Trinajstić information content (AvgIpc) is 1.84. The smallest absolute Gasteiger partial charge is 0.306 e. The highest BCUT2D eigenvalue weighted by molar-refractivity contribution is 5.69. The van der Waals surface area contributed by atoms with Gasteiger partial charge in [-0.1, -0.05) is 12.2 Å². The molecule has 0 unspecified atom stereocenters. The predicted octanol–water partition coefficient (Wildman–Crippen LogP) is 2.21. The number of carboxylic acid groups (broad SMARTS) is 1. The summed E-state index contributed by atoms with van der Waals surface area (Å²) < 4.78 is 0. The van der Waals surface area contributed by atoms with Gasteiger partial charge in [0.25, 0.3) is 0 Å². The number of aliphatic carboxylic acids is 1.